The number of amides is 1. The molecule has 0 unspecified atom stereocenters. The van der Waals surface area contributed by atoms with Gasteiger partial charge in [0, 0.05) is 51.5 Å². The number of hydrogen-bond acceptors (Lipinski definition) is 3. The lowest BCUT2D eigenvalue weighted by molar-refractivity contribution is -0.133. The second-order valence-electron chi connectivity index (χ2n) is 6.62. The topological polar surface area (TPSA) is 41.4 Å². The van der Waals surface area contributed by atoms with E-state index in [4.69, 9.17) is 0 Å². The zero-order valence-electron chi connectivity index (χ0n) is 13.1. The average molecular weight is 278 g/mol. The zero-order chi connectivity index (χ0) is 14.8. The van der Waals surface area contributed by atoms with Gasteiger partial charge in [-0.05, 0) is 12.3 Å². The molecule has 0 spiro atoms. The lowest BCUT2D eigenvalue weighted by Gasteiger charge is -2.36. The van der Waals surface area contributed by atoms with Crippen molar-refractivity contribution in [3.63, 3.8) is 0 Å². The Morgan fingerprint density at radius 1 is 1.25 bits per heavy atom. The summed E-state index contributed by atoms with van der Waals surface area (Å²) in [5.74, 6) is 1.30. The minimum Gasteiger partial charge on any atom is -0.339 e. The zero-order valence-corrected chi connectivity index (χ0v) is 13.1. The molecule has 0 atom stereocenters. The lowest BCUT2D eigenvalue weighted by Crippen LogP contribution is -2.50. The Morgan fingerprint density at radius 2 is 1.90 bits per heavy atom. The first-order chi connectivity index (χ1) is 9.40. The van der Waals surface area contributed by atoms with Crippen molar-refractivity contribution in [1.29, 1.82) is 0 Å². The number of hydrogen-bond donors (Lipinski definition) is 0. The van der Waals surface area contributed by atoms with E-state index in [-0.39, 0.29) is 11.3 Å². The number of piperazine rings is 1. The number of aromatic nitrogens is 2. The number of imidazole rings is 1. The van der Waals surface area contributed by atoms with Crippen LogP contribution in [0.15, 0.2) is 12.4 Å². The Balaban J connectivity index is 1.91. The van der Waals surface area contributed by atoms with Crippen molar-refractivity contribution in [1.82, 2.24) is 14.5 Å². The second-order valence-corrected chi connectivity index (χ2v) is 6.62. The largest absolute Gasteiger partial charge is 0.339 e. The first kappa shape index (κ1) is 14.9. The highest BCUT2D eigenvalue weighted by molar-refractivity contribution is 5.77. The van der Waals surface area contributed by atoms with E-state index in [1.54, 1.807) is 0 Å². The fourth-order valence-corrected chi connectivity index (χ4v) is 2.55. The van der Waals surface area contributed by atoms with Gasteiger partial charge in [-0.3, -0.25) is 4.79 Å². The van der Waals surface area contributed by atoms with Gasteiger partial charge in [-0.25, -0.2) is 4.98 Å². The molecule has 20 heavy (non-hydrogen) atoms. The number of aryl methyl sites for hydroxylation is 1. The molecule has 0 bridgehead atoms. The molecule has 1 saturated heterocycles. The fraction of sp³-hybridized carbons (Fsp3) is 0.733. The van der Waals surface area contributed by atoms with Crippen molar-refractivity contribution in [2.24, 2.45) is 5.41 Å². The van der Waals surface area contributed by atoms with Gasteiger partial charge in [-0.1, -0.05) is 20.8 Å². The van der Waals surface area contributed by atoms with Crippen molar-refractivity contribution < 1.29 is 4.79 Å². The van der Waals surface area contributed by atoms with Crippen molar-refractivity contribution >= 4 is 11.9 Å². The second kappa shape index (κ2) is 5.85. The quantitative estimate of drug-likeness (QED) is 0.849. The molecule has 2 rings (SSSR count). The molecule has 0 N–H and O–H groups in total. The van der Waals surface area contributed by atoms with Gasteiger partial charge in [0.2, 0.25) is 11.9 Å². The molecule has 5 nitrogen and oxygen atoms in total. The summed E-state index contributed by atoms with van der Waals surface area (Å²) in [4.78, 5) is 20.9. The minimum atomic E-state index is 0.0622. The van der Waals surface area contributed by atoms with Crippen LogP contribution in [0.3, 0.4) is 0 Å². The van der Waals surface area contributed by atoms with E-state index >= 15 is 0 Å². The summed E-state index contributed by atoms with van der Waals surface area (Å²) in [7, 11) is 0. The van der Waals surface area contributed by atoms with Crippen molar-refractivity contribution in [2.75, 3.05) is 31.1 Å². The molecule has 0 radical (unpaired) electrons. The number of nitrogens with zero attached hydrogens (tertiary/aromatic N) is 4. The van der Waals surface area contributed by atoms with E-state index in [9.17, 15) is 4.79 Å². The summed E-state index contributed by atoms with van der Waals surface area (Å²) in [6, 6.07) is 0. The third kappa shape index (κ3) is 3.52. The van der Waals surface area contributed by atoms with E-state index in [1.807, 2.05) is 17.3 Å². The van der Waals surface area contributed by atoms with Gasteiger partial charge < -0.3 is 14.4 Å². The average Bonchev–Trinajstić information content (AvgIpc) is 2.85. The van der Waals surface area contributed by atoms with Crippen molar-refractivity contribution in [3.05, 3.63) is 12.4 Å². The van der Waals surface area contributed by atoms with Gasteiger partial charge in [0.15, 0.2) is 0 Å². The summed E-state index contributed by atoms with van der Waals surface area (Å²) in [5, 5.41) is 0. The minimum absolute atomic E-state index is 0.0622. The molecule has 1 aromatic rings. The molecule has 1 aliphatic heterocycles. The molecular formula is C15H26N4O. The highest BCUT2D eigenvalue weighted by Gasteiger charge is 2.26. The predicted molar refractivity (Wildman–Crippen MR) is 80.8 cm³/mol. The molecule has 112 valence electrons. The monoisotopic (exact) mass is 278 g/mol. The SMILES string of the molecule is CCn1ccnc1N1CCN(C(=O)CC(C)(C)C)CC1. The smallest absolute Gasteiger partial charge is 0.223 e. The number of carbonyl (C=O) groups excluding carboxylic acids is 1. The molecule has 1 amide bonds. The maximum Gasteiger partial charge on any atom is 0.223 e. The summed E-state index contributed by atoms with van der Waals surface area (Å²) < 4.78 is 2.15. The fourth-order valence-electron chi connectivity index (χ4n) is 2.55. The van der Waals surface area contributed by atoms with Gasteiger partial charge in [-0.15, -0.1) is 0 Å². The molecular weight excluding hydrogens is 252 g/mol. The van der Waals surface area contributed by atoms with E-state index in [1.165, 1.54) is 0 Å². The Kier molecular flexibility index (Phi) is 4.35. The molecule has 0 saturated carbocycles. The first-order valence-electron chi connectivity index (χ1n) is 7.44. The summed E-state index contributed by atoms with van der Waals surface area (Å²) >= 11 is 0. The van der Waals surface area contributed by atoms with Crippen LogP contribution in [-0.4, -0.2) is 46.5 Å². The van der Waals surface area contributed by atoms with Gasteiger partial charge in [0.1, 0.15) is 0 Å². The van der Waals surface area contributed by atoms with Crippen LogP contribution in [0.5, 0.6) is 0 Å². The van der Waals surface area contributed by atoms with Crippen LogP contribution in [0.4, 0.5) is 5.95 Å². The van der Waals surface area contributed by atoms with Crippen molar-refractivity contribution in [2.45, 2.75) is 40.7 Å². The van der Waals surface area contributed by atoms with Crippen molar-refractivity contribution in [3.8, 4) is 0 Å². The highest BCUT2D eigenvalue weighted by Crippen LogP contribution is 2.21. The third-order valence-electron chi connectivity index (χ3n) is 3.63. The molecule has 5 heteroatoms. The Hall–Kier alpha value is -1.52. The molecule has 1 fully saturated rings. The molecule has 0 aliphatic carbocycles. The number of anilines is 1. The van der Waals surface area contributed by atoms with Crippen LogP contribution in [0, 0.1) is 5.41 Å². The predicted octanol–water partition coefficient (Wildman–Crippen LogP) is 1.99. The summed E-state index contributed by atoms with van der Waals surface area (Å²) in [6.07, 6.45) is 4.47. The van der Waals surface area contributed by atoms with Crippen LogP contribution in [0.25, 0.3) is 0 Å². The third-order valence-corrected chi connectivity index (χ3v) is 3.63. The molecule has 0 aromatic carbocycles. The maximum absolute atomic E-state index is 12.2. The maximum atomic E-state index is 12.2. The number of rotatable bonds is 3. The normalized spacial score (nSPS) is 16.6. The van der Waals surface area contributed by atoms with Gasteiger partial charge in [0.25, 0.3) is 0 Å². The lowest BCUT2D eigenvalue weighted by atomic mass is 9.91. The van der Waals surface area contributed by atoms with Crippen LogP contribution < -0.4 is 4.90 Å². The Labute approximate surface area is 121 Å². The van der Waals surface area contributed by atoms with E-state index in [2.05, 4.69) is 42.1 Å². The van der Waals surface area contributed by atoms with Crippen LogP contribution in [-0.2, 0) is 11.3 Å². The molecule has 1 aliphatic rings. The first-order valence-corrected chi connectivity index (χ1v) is 7.44. The van der Waals surface area contributed by atoms with E-state index < -0.39 is 0 Å². The van der Waals surface area contributed by atoms with Gasteiger partial charge in [-0.2, -0.15) is 0 Å². The molecule has 1 aromatic heterocycles. The van der Waals surface area contributed by atoms with Crippen LogP contribution in [0.1, 0.15) is 34.1 Å². The number of carbonyl (C=O) groups is 1. The molecule has 2 heterocycles. The van der Waals surface area contributed by atoms with E-state index in [0.717, 1.165) is 38.7 Å². The van der Waals surface area contributed by atoms with Crippen LogP contribution in [0.2, 0.25) is 0 Å². The Morgan fingerprint density at radius 3 is 2.45 bits per heavy atom. The van der Waals surface area contributed by atoms with E-state index in [0.29, 0.717) is 6.42 Å². The Bertz CT molecular complexity index is 453. The summed E-state index contributed by atoms with van der Waals surface area (Å²) in [5.41, 5.74) is 0.0622. The van der Waals surface area contributed by atoms with Gasteiger partial charge >= 0.3 is 0 Å². The van der Waals surface area contributed by atoms with Gasteiger partial charge in [0.05, 0.1) is 0 Å². The summed E-state index contributed by atoms with van der Waals surface area (Å²) in [6.45, 7) is 12.7. The van der Waals surface area contributed by atoms with Crippen LogP contribution >= 0.6 is 0 Å². The highest BCUT2D eigenvalue weighted by atomic mass is 16.2. The standard InChI is InChI=1S/C15H26N4O/c1-5-17-7-6-16-14(17)19-10-8-18(9-11-19)13(20)12-15(2,3)4/h6-7H,5,8-12H2,1-4H3.